The van der Waals surface area contributed by atoms with Crippen molar-refractivity contribution in [1.29, 1.82) is 0 Å². The van der Waals surface area contributed by atoms with Gasteiger partial charge >= 0.3 is 11.9 Å². The van der Waals surface area contributed by atoms with Crippen molar-refractivity contribution in [1.82, 2.24) is 9.88 Å². The number of aromatic amines is 1. The number of carboxylic acid groups (broad SMARTS) is 2. The van der Waals surface area contributed by atoms with Gasteiger partial charge in [-0.15, -0.1) is 0 Å². The molecule has 0 aliphatic rings. The number of anilines is 1. The highest BCUT2D eigenvalue weighted by Gasteiger charge is 2.26. The number of benzene rings is 1. The fourth-order valence-electron chi connectivity index (χ4n) is 3.27. The van der Waals surface area contributed by atoms with Crippen molar-refractivity contribution in [3.63, 3.8) is 0 Å². The van der Waals surface area contributed by atoms with E-state index in [4.69, 9.17) is 5.73 Å². The van der Waals surface area contributed by atoms with E-state index in [1.54, 1.807) is 12.1 Å². The number of carbonyl (C=O) groups is 2. The Bertz CT molecular complexity index is 913. The molecule has 150 valence electrons. The number of nitrogens with two attached hydrogens (primary N) is 1. The van der Waals surface area contributed by atoms with Gasteiger partial charge in [-0.05, 0) is 37.1 Å². The summed E-state index contributed by atoms with van der Waals surface area (Å²) >= 11 is 0. The van der Waals surface area contributed by atoms with Crippen LogP contribution in [-0.2, 0) is 6.54 Å². The highest BCUT2D eigenvalue weighted by Crippen LogP contribution is 2.29. The van der Waals surface area contributed by atoms with Crippen LogP contribution in [-0.4, -0.2) is 45.1 Å². The quantitative estimate of drug-likeness (QED) is 0.519. The van der Waals surface area contributed by atoms with Gasteiger partial charge in [0.15, 0.2) is 0 Å². The zero-order valence-electron chi connectivity index (χ0n) is 16.0. The average Bonchev–Trinajstić information content (AvgIpc) is 2.61. The van der Waals surface area contributed by atoms with Gasteiger partial charge < -0.3 is 20.9 Å². The topological polar surface area (TPSA) is 137 Å². The van der Waals surface area contributed by atoms with Crippen LogP contribution in [0.1, 0.15) is 53.0 Å². The normalized spacial score (nSPS) is 11.0. The van der Waals surface area contributed by atoms with Crippen molar-refractivity contribution in [3.8, 4) is 11.1 Å². The largest absolute Gasteiger partial charge is 0.478 e. The molecule has 0 unspecified atom stereocenters. The zero-order chi connectivity index (χ0) is 20.8. The number of nitrogens with one attached hydrogen (secondary N) is 1. The maximum Gasteiger partial charge on any atom is 0.342 e. The molecule has 1 aromatic carbocycles. The lowest BCUT2D eigenvalue weighted by molar-refractivity contribution is 0.0695. The van der Waals surface area contributed by atoms with Crippen LogP contribution in [0.15, 0.2) is 29.1 Å². The molecule has 8 nitrogen and oxygen atoms in total. The molecule has 0 spiro atoms. The number of rotatable bonds is 9. The molecule has 0 radical (unpaired) electrons. The molecule has 0 aliphatic carbocycles. The van der Waals surface area contributed by atoms with Crippen LogP contribution in [0.4, 0.5) is 5.82 Å². The summed E-state index contributed by atoms with van der Waals surface area (Å²) in [5, 5.41) is 18.9. The summed E-state index contributed by atoms with van der Waals surface area (Å²) in [5.41, 5.74) is 4.79. The fraction of sp³-hybridized carbons (Fsp3) is 0.350. The monoisotopic (exact) mass is 387 g/mol. The number of hydrogen-bond acceptors (Lipinski definition) is 5. The molecule has 0 atom stereocenters. The van der Waals surface area contributed by atoms with Gasteiger partial charge in [-0.1, -0.05) is 38.1 Å². The third-order valence-electron chi connectivity index (χ3n) is 4.40. The minimum Gasteiger partial charge on any atom is -0.478 e. The van der Waals surface area contributed by atoms with Gasteiger partial charge in [-0.3, -0.25) is 9.69 Å². The Morgan fingerprint density at radius 1 is 1.00 bits per heavy atom. The number of pyridine rings is 1. The van der Waals surface area contributed by atoms with Crippen molar-refractivity contribution in [2.45, 2.75) is 33.2 Å². The van der Waals surface area contributed by atoms with Crippen molar-refractivity contribution >= 4 is 17.8 Å². The SMILES string of the molecule is CCCN(CCC)Cc1ccc(-c2c(C(=O)O)c(N)[nH]c(=O)c2C(=O)O)cc1. The van der Waals surface area contributed by atoms with Crippen LogP contribution >= 0.6 is 0 Å². The van der Waals surface area contributed by atoms with Gasteiger partial charge in [0.2, 0.25) is 0 Å². The molecule has 1 aromatic heterocycles. The molecule has 0 fully saturated rings. The number of aromatic nitrogens is 1. The second-order valence-corrected chi connectivity index (χ2v) is 6.58. The molecule has 2 rings (SSSR count). The van der Waals surface area contributed by atoms with Crippen molar-refractivity contribution in [2.24, 2.45) is 0 Å². The van der Waals surface area contributed by atoms with Crippen molar-refractivity contribution in [2.75, 3.05) is 18.8 Å². The highest BCUT2D eigenvalue weighted by atomic mass is 16.4. The summed E-state index contributed by atoms with van der Waals surface area (Å²) in [5.74, 6) is -3.30. The van der Waals surface area contributed by atoms with E-state index in [2.05, 4.69) is 23.7 Å². The van der Waals surface area contributed by atoms with Crippen LogP contribution in [0, 0.1) is 0 Å². The van der Waals surface area contributed by atoms with Gasteiger partial charge in [-0.25, -0.2) is 9.59 Å². The van der Waals surface area contributed by atoms with Gasteiger partial charge in [-0.2, -0.15) is 0 Å². The van der Waals surface area contributed by atoms with E-state index in [0.29, 0.717) is 5.56 Å². The molecule has 5 N–H and O–H groups in total. The Labute approximate surface area is 162 Å². The molecule has 0 saturated carbocycles. The third kappa shape index (κ3) is 4.58. The fourth-order valence-corrected chi connectivity index (χ4v) is 3.27. The first-order chi connectivity index (χ1) is 13.3. The number of hydrogen-bond donors (Lipinski definition) is 4. The summed E-state index contributed by atoms with van der Waals surface area (Å²) in [4.78, 5) is 39.8. The number of nitrogens with zero attached hydrogens (tertiary/aromatic N) is 1. The molecule has 0 saturated heterocycles. The molecular formula is C20H25N3O5. The number of carboxylic acids is 2. The van der Waals surface area contributed by atoms with Crippen LogP contribution < -0.4 is 11.3 Å². The minimum absolute atomic E-state index is 0.188. The molecule has 0 aliphatic heterocycles. The number of H-pyrrole nitrogens is 1. The smallest absolute Gasteiger partial charge is 0.342 e. The lowest BCUT2D eigenvalue weighted by atomic mass is 9.94. The standard InChI is InChI=1S/C20H25N3O5/c1-3-9-23(10-4-2)11-12-5-7-13(8-6-12)14-15(19(25)26)17(21)22-18(24)16(14)20(27)28/h5-8H,3-4,9-11H2,1-2H3,(H,25,26)(H,27,28)(H3,21,22,24). The molecule has 0 bridgehead atoms. The molecule has 0 amide bonds. The summed E-state index contributed by atoms with van der Waals surface area (Å²) in [6.07, 6.45) is 2.07. The van der Waals surface area contributed by atoms with Crippen LogP contribution in [0.25, 0.3) is 11.1 Å². The van der Waals surface area contributed by atoms with Crippen LogP contribution in [0.2, 0.25) is 0 Å². The van der Waals surface area contributed by atoms with E-state index in [9.17, 15) is 24.6 Å². The van der Waals surface area contributed by atoms with E-state index in [-0.39, 0.29) is 11.4 Å². The summed E-state index contributed by atoms with van der Waals surface area (Å²) in [7, 11) is 0. The first kappa shape index (κ1) is 21.2. The Kier molecular flexibility index (Phi) is 6.94. The lowest BCUT2D eigenvalue weighted by Gasteiger charge is -2.21. The maximum atomic E-state index is 12.1. The molecular weight excluding hydrogens is 362 g/mol. The lowest BCUT2D eigenvalue weighted by Crippen LogP contribution is -2.25. The summed E-state index contributed by atoms with van der Waals surface area (Å²) in [6, 6.07) is 6.86. The first-order valence-electron chi connectivity index (χ1n) is 9.14. The maximum absolute atomic E-state index is 12.1. The number of nitrogen functional groups attached to an aromatic ring is 1. The molecule has 8 heteroatoms. The second-order valence-electron chi connectivity index (χ2n) is 6.58. The van der Waals surface area contributed by atoms with E-state index < -0.39 is 28.6 Å². The molecule has 2 aromatic rings. The first-order valence-corrected chi connectivity index (χ1v) is 9.14. The Morgan fingerprint density at radius 2 is 1.54 bits per heavy atom. The Hall–Kier alpha value is -3.13. The highest BCUT2D eigenvalue weighted by molar-refractivity contribution is 6.07. The minimum atomic E-state index is -1.51. The van der Waals surface area contributed by atoms with E-state index in [0.717, 1.165) is 38.0 Å². The zero-order valence-corrected chi connectivity index (χ0v) is 16.0. The Balaban J connectivity index is 2.52. The van der Waals surface area contributed by atoms with Crippen LogP contribution in [0.5, 0.6) is 0 Å². The third-order valence-corrected chi connectivity index (χ3v) is 4.40. The van der Waals surface area contributed by atoms with Crippen LogP contribution in [0.3, 0.4) is 0 Å². The predicted octanol–water partition coefficient (Wildman–Crippen LogP) is 2.64. The summed E-state index contributed by atoms with van der Waals surface area (Å²) < 4.78 is 0. The predicted molar refractivity (Wildman–Crippen MR) is 107 cm³/mol. The van der Waals surface area contributed by atoms with Gasteiger partial charge in [0.05, 0.1) is 0 Å². The van der Waals surface area contributed by atoms with Gasteiger partial charge in [0.25, 0.3) is 5.56 Å². The van der Waals surface area contributed by atoms with E-state index >= 15 is 0 Å². The van der Waals surface area contributed by atoms with Gasteiger partial charge in [0.1, 0.15) is 16.9 Å². The van der Waals surface area contributed by atoms with Gasteiger partial charge in [0, 0.05) is 12.1 Å². The van der Waals surface area contributed by atoms with E-state index in [1.807, 2.05) is 12.1 Å². The second kappa shape index (κ2) is 9.18. The molecule has 1 heterocycles. The summed E-state index contributed by atoms with van der Waals surface area (Å²) in [6.45, 7) is 6.89. The molecule has 28 heavy (non-hydrogen) atoms. The van der Waals surface area contributed by atoms with Crippen molar-refractivity contribution in [3.05, 3.63) is 51.3 Å². The average molecular weight is 387 g/mol. The number of aromatic carboxylic acids is 2. The van der Waals surface area contributed by atoms with E-state index in [1.165, 1.54) is 0 Å². The Morgan fingerprint density at radius 3 is 2.00 bits per heavy atom. The van der Waals surface area contributed by atoms with Crippen molar-refractivity contribution < 1.29 is 19.8 Å².